The predicted molar refractivity (Wildman–Crippen MR) is 263 cm³/mol. The van der Waals surface area contributed by atoms with E-state index in [1.54, 1.807) is 0 Å². The Hall–Kier alpha value is -8.20. The van der Waals surface area contributed by atoms with Crippen LogP contribution in [0.3, 0.4) is 0 Å². The van der Waals surface area contributed by atoms with Gasteiger partial charge in [0.2, 0.25) is 0 Å². The average molecular weight is 790 g/mol. The van der Waals surface area contributed by atoms with Crippen molar-refractivity contribution in [3.63, 3.8) is 0 Å². The number of furan rings is 1. The van der Waals surface area contributed by atoms with Crippen LogP contribution in [0.25, 0.3) is 98.8 Å². The Labute approximate surface area is 360 Å². The lowest BCUT2D eigenvalue weighted by molar-refractivity contribution is 0.669. The molecule has 0 saturated heterocycles. The molecule has 0 fully saturated rings. The number of anilines is 3. The molecular formula is C60H39NO. The highest BCUT2D eigenvalue weighted by Gasteiger charge is 2.23. The minimum absolute atomic E-state index is 0.860. The summed E-state index contributed by atoms with van der Waals surface area (Å²) in [6.45, 7) is 0. The second-order valence-electron chi connectivity index (χ2n) is 16.0. The molecule has 62 heavy (non-hydrogen) atoms. The van der Waals surface area contributed by atoms with Gasteiger partial charge in [0.1, 0.15) is 5.58 Å². The first kappa shape index (κ1) is 35.7. The second-order valence-corrected chi connectivity index (χ2v) is 16.0. The zero-order valence-electron chi connectivity index (χ0n) is 33.9. The molecule has 0 N–H and O–H groups in total. The second kappa shape index (κ2) is 14.8. The van der Waals surface area contributed by atoms with Gasteiger partial charge in [-0.15, -0.1) is 0 Å². The molecule has 2 heteroatoms. The van der Waals surface area contributed by atoms with Gasteiger partial charge in [-0.3, -0.25) is 0 Å². The molecule has 12 aromatic rings. The van der Waals surface area contributed by atoms with Crippen LogP contribution in [0.15, 0.2) is 241 Å². The molecule has 0 radical (unpaired) electrons. The van der Waals surface area contributed by atoms with E-state index in [0.29, 0.717) is 0 Å². The van der Waals surface area contributed by atoms with Gasteiger partial charge < -0.3 is 9.32 Å². The molecule has 0 amide bonds. The Morgan fingerprint density at radius 1 is 0.274 bits per heavy atom. The van der Waals surface area contributed by atoms with Crippen LogP contribution in [0.2, 0.25) is 0 Å². The van der Waals surface area contributed by atoms with Gasteiger partial charge in [0, 0.05) is 21.8 Å². The summed E-state index contributed by atoms with van der Waals surface area (Å²) >= 11 is 0. The fraction of sp³-hybridized carbons (Fsp3) is 0. The van der Waals surface area contributed by atoms with Gasteiger partial charge in [-0.05, 0) is 108 Å². The molecule has 0 bridgehead atoms. The maximum atomic E-state index is 6.72. The van der Waals surface area contributed by atoms with E-state index in [1.165, 1.54) is 65.9 Å². The van der Waals surface area contributed by atoms with Crippen LogP contribution in [0.1, 0.15) is 0 Å². The van der Waals surface area contributed by atoms with Gasteiger partial charge in [0.25, 0.3) is 0 Å². The fourth-order valence-corrected chi connectivity index (χ4v) is 9.65. The van der Waals surface area contributed by atoms with E-state index in [4.69, 9.17) is 4.42 Å². The van der Waals surface area contributed by atoms with Gasteiger partial charge >= 0.3 is 0 Å². The molecule has 0 aliphatic rings. The van der Waals surface area contributed by atoms with E-state index in [9.17, 15) is 0 Å². The minimum Gasteiger partial charge on any atom is -0.454 e. The molecule has 2 nitrogen and oxygen atoms in total. The predicted octanol–water partition coefficient (Wildman–Crippen LogP) is 17.2. The van der Waals surface area contributed by atoms with Crippen molar-refractivity contribution in [1.29, 1.82) is 0 Å². The Morgan fingerprint density at radius 3 is 1.52 bits per heavy atom. The molecule has 11 aromatic carbocycles. The molecule has 1 heterocycles. The summed E-state index contributed by atoms with van der Waals surface area (Å²) in [5.74, 6) is 0. The van der Waals surface area contributed by atoms with Crippen molar-refractivity contribution >= 4 is 71.3 Å². The van der Waals surface area contributed by atoms with Gasteiger partial charge in [-0.25, -0.2) is 0 Å². The molecule has 0 saturated carbocycles. The Morgan fingerprint density at radius 2 is 0.806 bits per heavy atom. The van der Waals surface area contributed by atoms with Crippen LogP contribution in [0.4, 0.5) is 17.1 Å². The standard InChI is InChI=1S/C60H39NO/c1-4-17-41(18-5-1)46-37-38-55(50-25-12-10-23-47(46)50)61(56-29-16-28-53-51-26-14-15-30-57(51)62-60(53)56)45-34-31-40(32-35-45)44-33-36-49-48-24-11-13-27-52(48)58(42-19-6-2-7-20-42)59(54(49)39-44)43-21-8-3-9-22-43/h1-39H. The van der Waals surface area contributed by atoms with Gasteiger partial charge in [0.15, 0.2) is 5.58 Å². The minimum atomic E-state index is 0.860. The van der Waals surface area contributed by atoms with E-state index in [0.717, 1.165) is 50.0 Å². The molecule has 0 aliphatic heterocycles. The summed E-state index contributed by atoms with van der Waals surface area (Å²) in [5, 5.41) is 9.55. The average Bonchev–Trinajstić information content (AvgIpc) is 3.74. The third-order valence-corrected chi connectivity index (χ3v) is 12.5. The third-order valence-electron chi connectivity index (χ3n) is 12.5. The smallest absolute Gasteiger partial charge is 0.159 e. The number of hydrogen-bond donors (Lipinski definition) is 0. The van der Waals surface area contributed by atoms with Crippen LogP contribution in [0.5, 0.6) is 0 Å². The van der Waals surface area contributed by atoms with Crippen molar-refractivity contribution in [2.45, 2.75) is 0 Å². The zero-order valence-corrected chi connectivity index (χ0v) is 33.9. The van der Waals surface area contributed by atoms with Crippen molar-refractivity contribution in [3.05, 3.63) is 237 Å². The zero-order chi connectivity index (χ0) is 41.0. The lowest BCUT2D eigenvalue weighted by Gasteiger charge is -2.27. The van der Waals surface area contributed by atoms with Gasteiger partial charge in [-0.2, -0.15) is 0 Å². The number of para-hydroxylation sites is 2. The molecule has 0 aliphatic carbocycles. The lowest BCUT2D eigenvalue weighted by Crippen LogP contribution is -2.11. The van der Waals surface area contributed by atoms with Crippen molar-refractivity contribution in [1.82, 2.24) is 0 Å². The largest absolute Gasteiger partial charge is 0.454 e. The molecule has 0 spiro atoms. The third kappa shape index (κ3) is 5.88. The summed E-state index contributed by atoms with van der Waals surface area (Å²) in [6.07, 6.45) is 0. The van der Waals surface area contributed by atoms with Gasteiger partial charge in [0.05, 0.1) is 11.4 Å². The lowest BCUT2D eigenvalue weighted by atomic mass is 9.84. The quantitative estimate of drug-likeness (QED) is 0.150. The van der Waals surface area contributed by atoms with Crippen LogP contribution >= 0.6 is 0 Å². The number of fused-ring (bicyclic) bond motifs is 7. The summed E-state index contributed by atoms with van der Waals surface area (Å²) in [5.41, 5.74) is 14.5. The Balaban J connectivity index is 1.06. The Kier molecular flexibility index (Phi) is 8.53. The van der Waals surface area contributed by atoms with Crippen molar-refractivity contribution < 1.29 is 4.42 Å². The Bertz CT molecular complexity index is 3610. The summed E-state index contributed by atoms with van der Waals surface area (Å²) in [6, 6.07) is 85.4. The first-order valence-electron chi connectivity index (χ1n) is 21.3. The van der Waals surface area contributed by atoms with Crippen molar-refractivity contribution in [3.8, 4) is 44.5 Å². The molecular weight excluding hydrogens is 751 g/mol. The van der Waals surface area contributed by atoms with Crippen LogP contribution in [-0.4, -0.2) is 0 Å². The maximum absolute atomic E-state index is 6.72. The SMILES string of the molecule is c1ccc(-c2ccc(N(c3ccc(-c4ccc5c(c4)c(-c4ccccc4)c(-c4ccccc4)c4ccccc45)cc3)c3cccc4c3oc3ccccc34)c3ccccc23)cc1. The van der Waals surface area contributed by atoms with E-state index in [1.807, 2.05) is 6.07 Å². The summed E-state index contributed by atoms with van der Waals surface area (Å²) in [7, 11) is 0. The van der Waals surface area contributed by atoms with E-state index in [2.05, 4.69) is 235 Å². The topological polar surface area (TPSA) is 16.4 Å². The van der Waals surface area contributed by atoms with Gasteiger partial charge in [-0.1, -0.05) is 200 Å². The van der Waals surface area contributed by atoms with Crippen LogP contribution in [0, 0.1) is 0 Å². The van der Waals surface area contributed by atoms with Crippen molar-refractivity contribution in [2.75, 3.05) is 4.90 Å². The monoisotopic (exact) mass is 789 g/mol. The highest BCUT2D eigenvalue weighted by atomic mass is 16.3. The fourth-order valence-electron chi connectivity index (χ4n) is 9.65. The van der Waals surface area contributed by atoms with E-state index in [-0.39, 0.29) is 0 Å². The molecule has 12 rings (SSSR count). The maximum Gasteiger partial charge on any atom is 0.159 e. The first-order chi connectivity index (χ1) is 30.8. The molecule has 0 unspecified atom stereocenters. The van der Waals surface area contributed by atoms with E-state index < -0.39 is 0 Å². The van der Waals surface area contributed by atoms with E-state index >= 15 is 0 Å². The highest BCUT2D eigenvalue weighted by molar-refractivity contribution is 6.22. The van der Waals surface area contributed by atoms with Crippen LogP contribution in [-0.2, 0) is 0 Å². The normalized spacial score (nSPS) is 11.5. The van der Waals surface area contributed by atoms with Crippen LogP contribution < -0.4 is 4.90 Å². The number of hydrogen-bond acceptors (Lipinski definition) is 2. The summed E-state index contributed by atoms with van der Waals surface area (Å²) < 4.78 is 6.72. The molecule has 0 atom stereocenters. The highest BCUT2D eigenvalue weighted by Crippen LogP contribution is 2.48. The summed E-state index contributed by atoms with van der Waals surface area (Å²) in [4.78, 5) is 2.37. The molecule has 290 valence electrons. The van der Waals surface area contributed by atoms with Crippen molar-refractivity contribution in [2.24, 2.45) is 0 Å². The number of rotatable bonds is 7. The first-order valence-corrected chi connectivity index (χ1v) is 21.3. The number of benzene rings is 11. The number of nitrogens with zero attached hydrogens (tertiary/aromatic N) is 1. The molecule has 1 aromatic heterocycles.